The van der Waals surface area contributed by atoms with Crippen molar-refractivity contribution in [3.05, 3.63) is 35.6 Å². The summed E-state index contributed by atoms with van der Waals surface area (Å²) in [5.74, 6) is -0.314. The molecule has 5 nitrogen and oxygen atoms in total. The monoisotopic (exact) mass is 364 g/mol. The molecule has 1 atom stereocenters. The number of hydrogen-bond donors (Lipinski definition) is 0. The Labute approximate surface area is 155 Å². The van der Waals surface area contributed by atoms with Gasteiger partial charge in [-0.1, -0.05) is 45.9 Å². The fourth-order valence-electron chi connectivity index (χ4n) is 3.06. The first-order valence-electron chi connectivity index (χ1n) is 9.19. The van der Waals surface area contributed by atoms with Crippen LogP contribution in [0.3, 0.4) is 0 Å². The summed E-state index contributed by atoms with van der Waals surface area (Å²) in [6.07, 6.45) is -0.345. The molecular weight excluding hydrogens is 335 g/mol. The van der Waals surface area contributed by atoms with Gasteiger partial charge >= 0.3 is 0 Å². The minimum Gasteiger partial charge on any atom is -0.370 e. The maximum absolute atomic E-state index is 13.8. The van der Waals surface area contributed by atoms with E-state index in [2.05, 4.69) is 0 Å². The van der Waals surface area contributed by atoms with Crippen molar-refractivity contribution in [1.29, 1.82) is 0 Å². The van der Waals surface area contributed by atoms with Crippen LogP contribution in [0.25, 0.3) is 0 Å². The largest absolute Gasteiger partial charge is 0.370 e. The quantitative estimate of drug-likeness (QED) is 0.780. The van der Waals surface area contributed by atoms with Gasteiger partial charge in [0, 0.05) is 31.1 Å². The molecule has 2 rings (SSSR count). The molecule has 144 valence electrons. The van der Waals surface area contributed by atoms with Gasteiger partial charge in [0.05, 0.1) is 19.3 Å². The van der Waals surface area contributed by atoms with Crippen molar-refractivity contribution in [2.75, 3.05) is 26.2 Å². The molecule has 1 aliphatic rings. The lowest BCUT2D eigenvalue weighted by molar-refractivity contribution is -0.140. The van der Waals surface area contributed by atoms with Crippen LogP contribution < -0.4 is 0 Å². The third kappa shape index (κ3) is 5.53. The summed E-state index contributed by atoms with van der Waals surface area (Å²) >= 11 is 0. The van der Waals surface area contributed by atoms with Crippen molar-refractivity contribution in [2.24, 2.45) is 11.8 Å². The van der Waals surface area contributed by atoms with E-state index >= 15 is 0 Å². The summed E-state index contributed by atoms with van der Waals surface area (Å²) in [5, 5.41) is 0. The lowest BCUT2D eigenvalue weighted by atomic mass is 10.2. The number of hydrogen-bond acceptors (Lipinski definition) is 3. The first-order chi connectivity index (χ1) is 12.3. The molecule has 0 N–H and O–H groups in total. The number of carbonyl (C=O) groups excluding carboxylic acids is 2. The Hall–Kier alpha value is -1.95. The predicted molar refractivity (Wildman–Crippen MR) is 97.8 cm³/mol. The van der Waals surface area contributed by atoms with Crippen LogP contribution in [0.4, 0.5) is 4.39 Å². The summed E-state index contributed by atoms with van der Waals surface area (Å²) in [5.41, 5.74) is 0.472. The molecule has 1 fully saturated rings. The van der Waals surface area contributed by atoms with E-state index in [1.54, 1.807) is 28.0 Å². The lowest BCUT2D eigenvalue weighted by Crippen LogP contribution is -2.42. The molecular formula is C20H29FN2O3. The topological polar surface area (TPSA) is 49.9 Å². The Balaban J connectivity index is 2.13. The smallest absolute Gasteiger partial charge is 0.242 e. The molecule has 1 heterocycles. The second-order valence-electron chi connectivity index (χ2n) is 7.59. The van der Waals surface area contributed by atoms with Gasteiger partial charge in [-0.05, 0) is 12.0 Å². The molecule has 0 saturated carbocycles. The van der Waals surface area contributed by atoms with E-state index in [1.807, 2.05) is 27.7 Å². The minimum atomic E-state index is -0.345. The zero-order valence-electron chi connectivity index (χ0n) is 16.1. The van der Waals surface area contributed by atoms with E-state index in [9.17, 15) is 14.0 Å². The zero-order valence-corrected chi connectivity index (χ0v) is 16.1. The molecule has 1 aromatic carbocycles. The Bertz CT molecular complexity index is 633. The second-order valence-corrected chi connectivity index (χ2v) is 7.59. The van der Waals surface area contributed by atoms with Crippen LogP contribution in [0.15, 0.2) is 24.3 Å². The van der Waals surface area contributed by atoms with Crippen molar-refractivity contribution in [3.8, 4) is 0 Å². The molecule has 6 heteroatoms. The van der Waals surface area contributed by atoms with Gasteiger partial charge in [-0.2, -0.15) is 0 Å². The van der Waals surface area contributed by atoms with Gasteiger partial charge in [-0.25, -0.2) is 4.39 Å². The number of halogens is 1. The first kappa shape index (κ1) is 20.4. The van der Waals surface area contributed by atoms with Crippen LogP contribution in [0, 0.1) is 17.7 Å². The molecule has 1 aromatic rings. The SMILES string of the molecule is CC(C)CN1C[C@H](OCc2ccccc2F)CN(C(=O)C(C)C)CC1=O. The second kappa shape index (κ2) is 9.12. The first-order valence-corrected chi connectivity index (χ1v) is 9.19. The average Bonchev–Trinajstić information content (AvgIpc) is 2.72. The van der Waals surface area contributed by atoms with Crippen LogP contribution >= 0.6 is 0 Å². The van der Waals surface area contributed by atoms with Crippen LogP contribution in [0.2, 0.25) is 0 Å². The Morgan fingerprint density at radius 1 is 1.23 bits per heavy atom. The minimum absolute atomic E-state index is 0.0651. The van der Waals surface area contributed by atoms with Crippen molar-refractivity contribution in [1.82, 2.24) is 9.80 Å². The van der Waals surface area contributed by atoms with Crippen molar-refractivity contribution in [2.45, 2.75) is 40.4 Å². The third-order valence-corrected chi connectivity index (χ3v) is 4.35. The van der Waals surface area contributed by atoms with E-state index in [0.29, 0.717) is 31.1 Å². The van der Waals surface area contributed by atoms with E-state index in [0.717, 1.165) is 0 Å². The Morgan fingerprint density at radius 3 is 2.54 bits per heavy atom. The molecule has 26 heavy (non-hydrogen) atoms. The van der Waals surface area contributed by atoms with Crippen molar-refractivity contribution >= 4 is 11.8 Å². The summed E-state index contributed by atoms with van der Waals surface area (Å²) in [7, 11) is 0. The van der Waals surface area contributed by atoms with Crippen LogP contribution in [0.5, 0.6) is 0 Å². The highest BCUT2D eigenvalue weighted by atomic mass is 19.1. The van der Waals surface area contributed by atoms with Crippen molar-refractivity contribution in [3.63, 3.8) is 0 Å². The molecule has 1 aliphatic heterocycles. The maximum Gasteiger partial charge on any atom is 0.242 e. The van der Waals surface area contributed by atoms with Gasteiger partial charge in [-0.15, -0.1) is 0 Å². The molecule has 0 aromatic heterocycles. The standard InChI is InChI=1S/C20H29FN2O3/c1-14(2)9-22-10-17(26-13-16-7-5-6-8-18(16)21)11-23(12-19(22)24)20(25)15(3)4/h5-8,14-15,17H,9-13H2,1-4H3/t17-/m0/s1. The van der Waals surface area contributed by atoms with Gasteiger partial charge < -0.3 is 14.5 Å². The number of benzene rings is 1. The highest BCUT2D eigenvalue weighted by molar-refractivity contribution is 5.86. The summed E-state index contributed by atoms with van der Waals surface area (Å²) < 4.78 is 19.8. The van der Waals surface area contributed by atoms with Gasteiger partial charge in [0.2, 0.25) is 11.8 Å². The Kier molecular flexibility index (Phi) is 7.14. The molecule has 1 saturated heterocycles. The number of carbonyl (C=O) groups is 2. The molecule has 0 spiro atoms. The number of nitrogens with zero attached hydrogens (tertiary/aromatic N) is 2. The van der Waals surface area contributed by atoms with E-state index in [4.69, 9.17) is 4.74 Å². The van der Waals surface area contributed by atoms with Crippen LogP contribution in [0.1, 0.15) is 33.3 Å². The summed E-state index contributed by atoms with van der Waals surface area (Å²) in [6, 6.07) is 6.48. The highest BCUT2D eigenvalue weighted by Gasteiger charge is 2.31. The molecule has 2 amide bonds. The van der Waals surface area contributed by atoms with E-state index in [1.165, 1.54) is 6.07 Å². The van der Waals surface area contributed by atoms with E-state index < -0.39 is 0 Å². The summed E-state index contributed by atoms with van der Waals surface area (Å²) in [6.45, 7) is 9.28. The molecule has 0 bridgehead atoms. The van der Waals surface area contributed by atoms with E-state index in [-0.39, 0.29) is 42.8 Å². The number of amides is 2. The fourth-order valence-corrected chi connectivity index (χ4v) is 3.06. The maximum atomic E-state index is 13.8. The van der Waals surface area contributed by atoms with Crippen LogP contribution in [-0.4, -0.2) is 53.9 Å². The predicted octanol–water partition coefficient (Wildman–Crippen LogP) is 2.69. The lowest BCUT2D eigenvalue weighted by Gasteiger charge is -2.26. The van der Waals surface area contributed by atoms with Gasteiger partial charge in [0.25, 0.3) is 0 Å². The third-order valence-electron chi connectivity index (χ3n) is 4.35. The van der Waals surface area contributed by atoms with Crippen LogP contribution in [-0.2, 0) is 20.9 Å². The molecule has 0 aliphatic carbocycles. The summed E-state index contributed by atoms with van der Waals surface area (Å²) in [4.78, 5) is 28.3. The highest BCUT2D eigenvalue weighted by Crippen LogP contribution is 2.16. The average molecular weight is 364 g/mol. The zero-order chi connectivity index (χ0) is 19.3. The normalized spacial score (nSPS) is 18.6. The molecule has 0 unspecified atom stereocenters. The Morgan fingerprint density at radius 2 is 1.92 bits per heavy atom. The van der Waals surface area contributed by atoms with Gasteiger partial charge in [0.15, 0.2) is 0 Å². The fraction of sp³-hybridized carbons (Fsp3) is 0.600. The van der Waals surface area contributed by atoms with Gasteiger partial charge in [-0.3, -0.25) is 9.59 Å². The van der Waals surface area contributed by atoms with Gasteiger partial charge in [0.1, 0.15) is 5.82 Å². The number of rotatable bonds is 6. The van der Waals surface area contributed by atoms with Crippen molar-refractivity contribution < 1.29 is 18.7 Å². The molecule has 0 radical (unpaired) electrons. The number of ether oxygens (including phenoxy) is 1.